The van der Waals surface area contributed by atoms with Gasteiger partial charge in [0.25, 0.3) is 0 Å². The van der Waals surface area contributed by atoms with Crippen LogP contribution in [0.3, 0.4) is 0 Å². The van der Waals surface area contributed by atoms with E-state index < -0.39 is 11.1 Å². The van der Waals surface area contributed by atoms with Crippen molar-refractivity contribution in [2.75, 3.05) is 0 Å². The zero-order valence-corrected chi connectivity index (χ0v) is 11.9. The van der Waals surface area contributed by atoms with E-state index in [-0.39, 0.29) is 6.10 Å². The van der Waals surface area contributed by atoms with Crippen molar-refractivity contribution in [2.45, 2.75) is 38.7 Å². The van der Waals surface area contributed by atoms with Crippen LogP contribution < -0.4 is 0 Å². The largest absolute Gasteiger partial charge is 0.284 e. The Morgan fingerprint density at radius 1 is 1.22 bits per heavy atom. The van der Waals surface area contributed by atoms with Gasteiger partial charge in [0.05, 0.1) is 16.5 Å². The molecule has 0 saturated carbocycles. The summed E-state index contributed by atoms with van der Waals surface area (Å²) in [5.74, 6) is 0. The van der Waals surface area contributed by atoms with Crippen LogP contribution in [-0.2, 0) is 15.3 Å². The van der Waals surface area contributed by atoms with E-state index in [9.17, 15) is 4.21 Å². The van der Waals surface area contributed by atoms with Gasteiger partial charge in [-0.1, -0.05) is 6.07 Å². The van der Waals surface area contributed by atoms with Gasteiger partial charge in [-0.3, -0.25) is 9.17 Å². The second kappa shape index (κ2) is 5.16. The predicted molar refractivity (Wildman–Crippen MR) is 73.8 cm³/mol. The number of fused-ring (bicyclic) bond motifs is 1. The first-order chi connectivity index (χ1) is 8.47. The summed E-state index contributed by atoms with van der Waals surface area (Å²) < 4.78 is 17.6. The van der Waals surface area contributed by atoms with Crippen LogP contribution in [0.4, 0.5) is 0 Å². The molecule has 0 spiro atoms. The zero-order chi connectivity index (χ0) is 13.3. The van der Waals surface area contributed by atoms with Gasteiger partial charge in [-0.15, -0.1) is 0 Å². The van der Waals surface area contributed by atoms with Gasteiger partial charge in [-0.2, -0.15) is 0 Å². The molecule has 1 aromatic carbocycles. The van der Waals surface area contributed by atoms with Crippen molar-refractivity contribution in [3.8, 4) is 0 Å². The molecule has 0 aliphatic carbocycles. The lowest BCUT2D eigenvalue weighted by Gasteiger charge is -2.10. The second-order valence-electron chi connectivity index (χ2n) is 4.67. The Bertz CT molecular complexity index is 608. The Labute approximate surface area is 110 Å². The molecule has 4 heteroatoms. The summed E-state index contributed by atoms with van der Waals surface area (Å²) in [7, 11) is 0. The van der Waals surface area contributed by atoms with E-state index in [1.807, 2.05) is 52.0 Å². The molecule has 1 atom stereocenters. The van der Waals surface area contributed by atoms with Gasteiger partial charge >= 0.3 is 0 Å². The highest BCUT2D eigenvalue weighted by atomic mass is 32.2. The van der Waals surface area contributed by atoms with Crippen LogP contribution in [0.2, 0.25) is 0 Å². The molecule has 0 N–H and O–H groups in total. The molecule has 0 fully saturated rings. The summed E-state index contributed by atoms with van der Waals surface area (Å²) in [6, 6.07) is 7.88. The van der Waals surface area contributed by atoms with Crippen molar-refractivity contribution in [2.24, 2.45) is 0 Å². The molecule has 96 valence electrons. The van der Waals surface area contributed by atoms with Crippen molar-refractivity contribution < 1.29 is 8.39 Å². The Hall–Kier alpha value is -1.26. The summed E-state index contributed by atoms with van der Waals surface area (Å²) in [5, 5.41) is 0.997. The van der Waals surface area contributed by atoms with Gasteiger partial charge in [-0.25, -0.2) is 4.21 Å². The molecular weight excluding hydrogens is 246 g/mol. The number of rotatable bonds is 3. The Morgan fingerprint density at radius 3 is 2.61 bits per heavy atom. The van der Waals surface area contributed by atoms with E-state index >= 15 is 0 Å². The van der Waals surface area contributed by atoms with Crippen molar-refractivity contribution in [3.63, 3.8) is 0 Å². The van der Waals surface area contributed by atoms with E-state index in [0.717, 1.165) is 22.2 Å². The van der Waals surface area contributed by atoms with E-state index in [1.54, 1.807) is 0 Å². The van der Waals surface area contributed by atoms with Crippen LogP contribution >= 0.6 is 0 Å². The summed E-state index contributed by atoms with van der Waals surface area (Å²) >= 11 is -1.47. The van der Waals surface area contributed by atoms with E-state index in [1.165, 1.54) is 0 Å². The third-order valence-corrected chi connectivity index (χ3v) is 3.73. The molecule has 2 rings (SSSR count). The number of aromatic nitrogens is 1. The molecule has 0 unspecified atom stereocenters. The summed E-state index contributed by atoms with van der Waals surface area (Å²) in [4.78, 5) is 5.13. The SMILES string of the molecule is Cc1cc([S@@](=O)OC(C)C)c2nc(C)ccc2c1. The summed E-state index contributed by atoms with van der Waals surface area (Å²) in [6.07, 6.45) is -0.0776. The first-order valence-corrected chi connectivity index (χ1v) is 7.02. The Balaban J connectivity index is 2.61. The van der Waals surface area contributed by atoms with E-state index in [0.29, 0.717) is 4.90 Å². The van der Waals surface area contributed by atoms with Crippen molar-refractivity contribution in [1.29, 1.82) is 0 Å². The van der Waals surface area contributed by atoms with Crippen molar-refractivity contribution in [3.05, 3.63) is 35.5 Å². The predicted octanol–water partition coefficient (Wildman–Crippen LogP) is 3.30. The maximum Gasteiger partial charge on any atom is 0.191 e. The Kier molecular flexibility index (Phi) is 3.78. The van der Waals surface area contributed by atoms with Crippen LogP contribution in [0.25, 0.3) is 10.9 Å². The molecular formula is C14H17NO2S. The number of hydrogen-bond acceptors (Lipinski definition) is 3. The highest BCUT2D eigenvalue weighted by Gasteiger charge is 2.13. The molecule has 0 bridgehead atoms. The lowest BCUT2D eigenvalue weighted by atomic mass is 10.1. The molecule has 0 amide bonds. The van der Waals surface area contributed by atoms with Gasteiger partial charge in [0.2, 0.25) is 0 Å². The highest BCUT2D eigenvalue weighted by molar-refractivity contribution is 7.80. The quantitative estimate of drug-likeness (QED) is 0.853. The smallest absolute Gasteiger partial charge is 0.191 e. The average molecular weight is 263 g/mol. The van der Waals surface area contributed by atoms with Gasteiger partial charge in [-0.05, 0) is 51.5 Å². The number of nitrogens with zero attached hydrogens (tertiary/aromatic N) is 1. The van der Waals surface area contributed by atoms with E-state index in [2.05, 4.69) is 4.98 Å². The van der Waals surface area contributed by atoms with Crippen LogP contribution in [0.1, 0.15) is 25.1 Å². The fourth-order valence-electron chi connectivity index (χ4n) is 1.80. The number of hydrogen-bond donors (Lipinski definition) is 0. The molecule has 0 aliphatic heterocycles. The molecule has 18 heavy (non-hydrogen) atoms. The van der Waals surface area contributed by atoms with Crippen LogP contribution in [0, 0.1) is 13.8 Å². The fourth-order valence-corrected chi connectivity index (χ4v) is 2.85. The van der Waals surface area contributed by atoms with Gasteiger partial charge in [0.1, 0.15) is 0 Å². The van der Waals surface area contributed by atoms with Crippen LogP contribution in [0.15, 0.2) is 29.2 Å². The topological polar surface area (TPSA) is 39.2 Å². The lowest BCUT2D eigenvalue weighted by molar-refractivity contribution is 0.270. The third kappa shape index (κ3) is 2.76. The first kappa shape index (κ1) is 13.2. The van der Waals surface area contributed by atoms with Gasteiger partial charge < -0.3 is 0 Å². The molecule has 0 saturated heterocycles. The maximum absolute atomic E-state index is 12.2. The summed E-state index contributed by atoms with van der Waals surface area (Å²) in [5.41, 5.74) is 2.73. The van der Waals surface area contributed by atoms with Gasteiger partial charge in [0, 0.05) is 11.1 Å². The monoisotopic (exact) mass is 263 g/mol. The van der Waals surface area contributed by atoms with Crippen molar-refractivity contribution >= 4 is 22.0 Å². The first-order valence-electron chi connectivity index (χ1n) is 5.94. The molecule has 1 heterocycles. The van der Waals surface area contributed by atoms with Gasteiger partial charge in [0.15, 0.2) is 11.1 Å². The standard InChI is InChI=1S/C14H17NO2S/c1-9(2)17-18(16)13-8-10(3)7-12-6-5-11(4)15-14(12)13/h5-9H,1-4H3/t18-/m0/s1. The minimum atomic E-state index is -1.47. The second-order valence-corrected chi connectivity index (χ2v) is 5.77. The minimum absolute atomic E-state index is 0.0776. The zero-order valence-electron chi connectivity index (χ0n) is 11.1. The average Bonchev–Trinajstić information content (AvgIpc) is 2.27. The Morgan fingerprint density at radius 2 is 1.94 bits per heavy atom. The molecule has 3 nitrogen and oxygen atoms in total. The molecule has 2 aromatic rings. The number of benzene rings is 1. The number of aryl methyl sites for hydroxylation is 2. The van der Waals surface area contributed by atoms with Crippen LogP contribution in [0.5, 0.6) is 0 Å². The summed E-state index contributed by atoms with van der Waals surface area (Å²) in [6.45, 7) is 7.65. The lowest BCUT2D eigenvalue weighted by Crippen LogP contribution is -2.07. The molecule has 0 aliphatic rings. The molecule has 0 radical (unpaired) electrons. The normalized spacial score (nSPS) is 13.2. The third-order valence-electron chi connectivity index (χ3n) is 2.50. The van der Waals surface area contributed by atoms with Crippen LogP contribution in [-0.4, -0.2) is 15.3 Å². The molecule has 1 aromatic heterocycles. The van der Waals surface area contributed by atoms with Crippen molar-refractivity contribution in [1.82, 2.24) is 4.98 Å². The number of pyridine rings is 1. The van der Waals surface area contributed by atoms with E-state index in [4.69, 9.17) is 4.18 Å². The minimum Gasteiger partial charge on any atom is -0.284 e. The fraction of sp³-hybridized carbons (Fsp3) is 0.357. The highest BCUT2D eigenvalue weighted by Crippen LogP contribution is 2.23. The maximum atomic E-state index is 12.2.